The van der Waals surface area contributed by atoms with Gasteiger partial charge in [-0.3, -0.25) is 4.79 Å². The molecule has 1 unspecified atom stereocenters. The molecule has 3 rings (SSSR count). The molecule has 1 atom stereocenters. The standard InChI is InChI=1S/C19H20ClN3O3/c1-11(12-6-4-5-7-14(12)20)21-10-18-22-15-9-17(26-3)16(25-2)8-13(15)19(24)23-18/h4-9,11,21H,10H2,1-3H3,(H,22,23,24). The van der Waals surface area contributed by atoms with E-state index in [0.717, 1.165) is 5.56 Å². The fourth-order valence-corrected chi connectivity index (χ4v) is 3.08. The number of nitrogens with one attached hydrogen (secondary N) is 2. The van der Waals surface area contributed by atoms with Gasteiger partial charge < -0.3 is 19.8 Å². The molecule has 2 N–H and O–H groups in total. The van der Waals surface area contributed by atoms with Crippen molar-refractivity contribution in [3.05, 3.63) is 63.2 Å². The summed E-state index contributed by atoms with van der Waals surface area (Å²) >= 11 is 6.23. The van der Waals surface area contributed by atoms with Crippen LogP contribution in [-0.4, -0.2) is 24.2 Å². The summed E-state index contributed by atoms with van der Waals surface area (Å²) in [6, 6.07) is 11.0. The zero-order valence-electron chi connectivity index (χ0n) is 14.8. The summed E-state index contributed by atoms with van der Waals surface area (Å²) in [5, 5.41) is 4.47. The Balaban J connectivity index is 1.87. The van der Waals surface area contributed by atoms with Crippen LogP contribution < -0.4 is 20.3 Å². The van der Waals surface area contributed by atoms with Crippen molar-refractivity contribution in [3.8, 4) is 11.5 Å². The van der Waals surface area contributed by atoms with Crippen molar-refractivity contribution < 1.29 is 9.47 Å². The SMILES string of the molecule is COc1cc2nc(CNC(C)c3ccccc3Cl)[nH]c(=O)c2cc1OC. The van der Waals surface area contributed by atoms with Gasteiger partial charge in [0.05, 0.1) is 31.7 Å². The molecule has 136 valence electrons. The summed E-state index contributed by atoms with van der Waals surface area (Å²) in [6.45, 7) is 2.40. The highest BCUT2D eigenvalue weighted by molar-refractivity contribution is 6.31. The number of methoxy groups -OCH3 is 2. The summed E-state index contributed by atoms with van der Waals surface area (Å²) in [6.07, 6.45) is 0. The van der Waals surface area contributed by atoms with Gasteiger partial charge in [0.2, 0.25) is 0 Å². The largest absolute Gasteiger partial charge is 0.493 e. The molecule has 1 aromatic heterocycles. The quantitative estimate of drug-likeness (QED) is 0.692. The maximum Gasteiger partial charge on any atom is 0.258 e. The van der Waals surface area contributed by atoms with Gasteiger partial charge in [-0.25, -0.2) is 4.98 Å². The van der Waals surface area contributed by atoms with Crippen LogP contribution >= 0.6 is 11.6 Å². The summed E-state index contributed by atoms with van der Waals surface area (Å²) in [5.41, 5.74) is 1.32. The summed E-state index contributed by atoms with van der Waals surface area (Å²) in [7, 11) is 3.07. The van der Waals surface area contributed by atoms with Crippen LogP contribution in [-0.2, 0) is 6.54 Å². The van der Waals surface area contributed by atoms with Gasteiger partial charge in [0.15, 0.2) is 11.5 Å². The topological polar surface area (TPSA) is 76.2 Å². The van der Waals surface area contributed by atoms with E-state index in [0.29, 0.717) is 39.8 Å². The molecule has 0 aliphatic rings. The van der Waals surface area contributed by atoms with Crippen molar-refractivity contribution >= 4 is 22.5 Å². The lowest BCUT2D eigenvalue weighted by Gasteiger charge is -2.15. The number of ether oxygens (including phenoxy) is 2. The van der Waals surface area contributed by atoms with Crippen molar-refractivity contribution in [1.82, 2.24) is 15.3 Å². The third-order valence-corrected chi connectivity index (χ3v) is 4.55. The van der Waals surface area contributed by atoms with Gasteiger partial charge in [0, 0.05) is 17.1 Å². The molecular formula is C19H20ClN3O3. The molecule has 0 bridgehead atoms. The smallest absolute Gasteiger partial charge is 0.258 e. The van der Waals surface area contributed by atoms with E-state index >= 15 is 0 Å². The summed E-state index contributed by atoms with van der Waals surface area (Å²) in [5.74, 6) is 1.56. The van der Waals surface area contributed by atoms with E-state index < -0.39 is 0 Å². The Bertz CT molecular complexity index is 987. The van der Waals surface area contributed by atoms with Gasteiger partial charge in [-0.1, -0.05) is 29.8 Å². The van der Waals surface area contributed by atoms with Gasteiger partial charge in [-0.15, -0.1) is 0 Å². The normalized spacial score (nSPS) is 12.2. The first-order valence-corrected chi connectivity index (χ1v) is 8.54. The molecule has 0 amide bonds. The van der Waals surface area contributed by atoms with E-state index in [2.05, 4.69) is 15.3 Å². The van der Waals surface area contributed by atoms with Crippen LogP contribution in [0.4, 0.5) is 0 Å². The van der Waals surface area contributed by atoms with E-state index in [9.17, 15) is 4.79 Å². The Morgan fingerprint density at radius 2 is 1.88 bits per heavy atom. The van der Waals surface area contributed by atoms with Crippen molar-refractivity contribution in [2.75, 3.05) is 14.2 Å². The van der Waals surface area contributed by atoms with Gasteiger partial charge in [-0.2, -0.15) is 0 Å². The molecule has 0 aliphatic carbocycles. The second-order valence-corrected chi connectivity index (χ2v) is 6.27. The van der Waals surface area contributed by atoms with Crippen LogP contribution in [0.15, 0.2) is 41.2 Å². The van der Waals surface area contributed by atoms with Crippen LogP contribution in [0.25, 0.3) is 10.9 Å². The lowest BCUT2D eigenvalue weighted by Crippen LogP contribution is -2.22. The zero-order chi connectivity index (χ0) is 18.7. The third-order valence-electron chi connectivity index (χ3n) is 4.21. The number of halogens is 1. The number of nitrogens with zero attached hydrogens (tertiary/aromatic N) is 1. The molecule has 2 aromatic carbocycles. The fourth-order valence-electron chi connectivity index (χ4n) is 2.78. The average molecular weight is 374 g/mol. The highest BCUT2D eigenvalue weighted by Crippen LogP contribution is 2.30. The molecule has 0 spiro atoms. The van der Waals surface area contributed by atoms with Crippen LogP contribution in [0.3, 0.4) is 0 Å². The molecule has 26 heavy (non-hydrogen) atoms. The first-order chi connectivity index (χ1) is 12.5. The molecule has 7 heteroatoms. The van der Waals surface area contributed by atoms with E-state index in [1.807, 2.05) is 31.2 Å². The number of benzene rings is 2. The van der Waals surface area contributed by atoms with Crippen molar-refractivity contribution in [3.63, 3.8) is 0 Å². The zero-order valence-corrected chi connectivity index (χ0v) is 15.6. The molecule has 6 nitrogen and oxygen atoms in total. The van der Waals surface area contributed by atoms with Crippen LogP contribution in [0, 0.1) is 0 Å². The van der Waals surface area contributed by atoms with Crippen molar-refractivity contribution in [2.45, 2.75) is 19.5 Å². The number of hydrogen-bond acceptors (Lipinski definition) is 5. The predicted octanol–water partition coefficient (Wildman–Crippen LogP) is 3.44. The first kappa shape index (κ1) is 18.2. The van der Waals surface area contributed by atoms with Crippen LogP contribution in [0.5, 0.6) is 11.5 Å². The van der Waals surface area contributed by atoms with E-state index in [-0.39, 0.29) is 11.6 Å². The van der Waals surface area contributed by atoms with E-state index in [1.165, 1.54) is 7.11 Å². The number of aromatic amines is 1. The molecule has 0 saturated carbocycles. The Hall–Kier alpha value is -2.57. The maximum atomic E-state index is 12.4. The molecule has 0 saturated heterocycles. The minimum atomic E-state index is -0.224. The Morgan fingerprint density at radius 1 is 1.19 bits per heavy atom. The summed E-state index contributed by atoms with van der Waals surface area (Å²) < 4.78 is 10.5. The van der Waals surface area contributed by atoms with Crippen LogP contribution in [0.2, 0.25) is 5.02 Å². The first-order valence-electron chi connectivity index (χ1n) is 8.16. The minimum absolute atomic E-state index is 0.00935. The van der Waals surface area contributed by atoms with Crippen molar-refractivity contribution in [1.29, 1.82) is 0 Å². The Kier molecular flexibility index (Phi) is 5.44. The number of rotatable bonds is 6. The number of H-pyrrole nitrogens is 1. The maximum absolute atomic E-state index is 12.4. The molecular weight excluding hydrogens is 354 g/mol. The number of aromatic nitrogens is 2. The second kappa shape index (κ2) is 7.76. The molecule has 0 aliphatic heterocycles. The fraction of sp³-hybridized carbons (Fsp3) is 0.263. The average Bonchev–Trinajstić information content (AvgIpc) is 2.65. The Labute approximate surface area is 156 Å². The highest BCUT2D eigenvalue weighted by atomic mass is 35.5. The van der Waals surface area contributed by atoms with E-state index in [1.54, 1.807) is 19.2 Å². The lowest BCUT2D eigenvalue weighted by molar-refractivity contribution is 0.355. The lowest BCUT2D eigenvalue weighted by atomic mass is 10.1. The van der Waals surface area contributed by atoms with Crippen molar-refractivity contribution in [2.24, 2.45) is 0 Å². The predicted molar refractivity (Wildman–Crippen MR) is 102 cm³/mol. The van der Waals surface area contributed by atoms with Gasteiger partial charge in [-0.05, 0) is 24.6 Å². The van der Waals surface area contributed by atoms with Gasteiger partial charge in [0.1, 0.15) is 5.82 Å². The van der Waals surface area contributed by atoms with Gasteiger partial charge >= 0.3 is 0 Å². The highest BCUT2D eigenvalue weighted by Gasteiger charge is 2.12. The monoisotopic (exact) mass is 373 g/mol. The molecule has 0 radical (unpaired) electrons. The number of fused-ring (bicyclic) bond motifs is 1. The number of hydrogen-bond donors (Lipinski definition) is 2. The van der Waals surface area contributed by atoms with E-state index in [4.69, 9.17) is 21.1 Å². The Morgan fingerprint density at radius 3 is 2.58 bits per heavy atom. The van der Waals surface area contributed by atoms with Crippen LogP contribution in [0.1, 0.15) is 24.4 Å². The minimum Gasteiger partial charge on any atom is -0.493 e. The molecule has 1 heterocycles. The summed E-state index contributed by atoms with van der Waals surface area (Å²) in [4.78, 5) is 19.7. The molecule has 0 fully saturated rings. The van der Waals surface area contributed by atoms with Gasteiger partial charge in [0.25, 0.3) is 5.56 Å². The third kappa shape index (κ3) is 3.66. The second-order valence-electron chi connectivity index (χ2n) is 5.86. The molecule has 3 aromatic rings.